The molecule has 5 rings (SSSR count). The molecule has 2 unspecified atom stereocenters. The van der Waals surface area contributed by atoms with Gasteiger partial charge in [-0.1, -0.05) is 36.4 Å². The maximum Gasteiger partial charge on any atom is 0.0557 e. The highest BCUT2D eigenvalue weighted by Crippen LogP contribution is 2.45. The zero-order valence-electron chi connectivity index (χ0n) is 14.4. The first-order valence-corrected chi connectivity index (χ1v) is 9.41. The zero-order chi connectivity index (χ0) is 16.8. The van der Waals surface area contributed by atoms with E-state index < -0.39 is 0 Å². The van der Waals surface area contributed by atoms with Crippen LogP contribution >= 0.6 is 0 Å². The molecule has 1 saturated heterocycles. The predicted molar refractivity (Wildman–Crippen MR) is 101 cm³/mol. The van der Waals surface area contributed by atoms with Crippen LogP contribution in [0.5, 0.6) is 0 Å². The van der Waals surface area contributed by atoms with Gasteiger partial charge in [0.15, 0.2) is 0 Å². The van der Waals surface area contributed by atoms with E-state index in [0.717, 1.165) is 25.9 Å². The van der Waals surface area contributed by atoms with Crippen LogP contribution in [-0.2, 0) is 6.42 Å². The molecule has 1 N–H and O–H groups in total. The molecule has 0 bridgehead atoms. The second-order valence-electron chi connectivity index (χ2n) is 7.37. The summed E-state index contributed by atoms with van der Waals surface area (Å²) in [6.07, 6.45) is 3.42. The highest BCUT2D eigenvalue weighted by Gasteiger charge is 2.39. The van der Waals surface area contributed by atoms with Crippen molar-refractivity contribution in [3.8, 4) is 5.69 Å². The Kier molecular flexibility index (Phi) is 3.65. The Morgan fingerprint density at radius 3 is 2.60 bits per heavy atom. The molecule has 0 spiro atoms. The van der Waals surface area contributed by atoms with Gasteiger partial charge in [0.25, 0.3) is 0 Å². The summed E-state index contributed by atoms with van der Waals surface area (Å²) in [7, 11) is 0. The molecular weight excluding hydrogens is 308 g/mol. The number of rotatable bonds is 2. The van der Waals surface area contributed by atoms with Crippen molar-refractivity contribution in [1.82, 2.24) is 9.47 Å². The summed E-state index contributed by atoms with van der Waals surface area (Å²) in [4.78, 5) is 2.60. The highest BCUT2D eigenvalue weighted by molar-refractivity contribution is 5.88. The van der Waals surface area contributed by atoms with Crippen molar-refractivity contribution in [3.05, 3.63) is 65.9 Å². The van der Waals surface area contributed by atoms with Crippen molar-refractivity contribution >= 4 is 10.9 Å². The largest absolute Gasteiger partial charge is 0.396 e. The molecule has 0 saturated carbocycles. The molecule has 2 atom stereocenters. The first kappa shape index (κ1) is 15.2. The highest BCUT2D eigenvalue weighted by atomic mass is 16.3. The molecule has 2 aromatic carbocycles. The fraction of sp³-hybridized carbons (Fsp3) is 0.364. The quantitative estimate of drug-likeness (QED) is 0.770. The van der Waals surface area contributed by atoms with Crippen molar-refractivity contribution in [1.29, 1.82) is 0 Å². The van der Waals surface area contributed by atoms with E-state index in [4.69, 9.17) is 0 Å². The summed E-state index contributed by atoms with van der Waals surface area (Å²) < 4.78 is 2.45. The summed E-state index contributed by atoms with van der Waals surface area (Å²) in [5, 5.41) is 11.4. The number of aromatic nitrogens is 1. The van der Waals surface area contributed by atoms with E-state index in [0.29, 0.717) is 12.0 Å². The lowest BCUT2D eigenvalue weighted by atomic mass is 9.83. The number of aliphatic hydroxyl groups excluding tert-OH is 1. The molecule has 2 aliphatic heterocycles. The van der Waals surface area contributed by atoms with Crippen molar-refractivity contribution in [2.75, 3.05) is 19.7 Å². The lowest BCUT2D eigenvalue weighted by molar-refractivity contribution is 0.0453. The van der Waals surface area contributed by atoms with E-state index in [-0.39, 0.29) is 6.61 Å². The molecule has 25 heavy (non-hydrogen) atoms. The predicted octanol–water partition coefficient (Wildman–Crippen LogP) is 3.93. The fourth-order valence-electron chi connectivity index (χ4n) is 5.00. The minimum absolute atomic E-state index is 0.275. The average molecular weight is 332 g/mol. The third-order valence-corrected chi connectivity index (χ3v) is 6.06. The van der Waals surface area contributed by atoms with Crippen molar-refractivity contribution in [2.45, 2.75) is 25.3 Å². The van der Waals surface area contributed by atoms with E-state index in [2.05, 4.69) is 64.1 Å². The van der Waals surface area contributed by atoms with Gasteiger partial charge in [-0.05, 0) is 49.6 Å². The smallest absolute Gasteiger partial charge is 0.0557 e. The molecule has 3 nitrogen and oxygen atoms in total. The van der Waals surface area contributed by atoms with Gasteiger partial charge in [0.1, 0.15) is 0 Å². The second-order valence-corrected chi connectivity index (χ2v) is 7.37. The van der Waals surface area contributed by atoms with Crippen LogP contribution in [0.25, 0.3) is 16.6 Å². The van der Waals surface area contributed by atoms with Gasteiger partial charge >= 0.3 is 0 Å². The van der Waals surface area contributed by atoms with Gasteiger partial charge in [0.05, 0.1) is 11.6 Å². The molecule has 3 heterocycles. The summed E-state index contributed by atoms with van der Waals surface area (Å²) >= 11 is 0. The lowest BCUT2D eigenvalue weighted by Gasteiger charge is -2.44. The number of piperidine rings is 1. The van der Waals surface area contributed by atoms with Crippen molar-refractivity contribution < 1.29 is 5.11 Å². The minimum Gasteiger partial charge on any atom is -0.396 e. The van der Waals surface area contributed by atoms with Crippen LogP contribution in [0, 0.1) is 5.92 Å². The zero-order valence-corrected chi connectivity index (χ0v) is 14.4. The van der Waals surface area contributed by atoms with Crippen LogP contribution in [0.4, 0.5) is 0 Å². The SMILES string of the molecule is OCC1CCCN2CCc3c(n(-c4ccccc4)c4ccccc34)C12. The molecule has 0 radical (unpaired) electrons. The van der Waals surface area contributed by atoms with E-state index in [1.54, 1.807) is 0 Å². The van der Waals surface area contributed by atoms with Crippen LogP contribution in [0.2, 0.25) is 0 Å². The Bertz CT molecular complexity index is 899. The van der Waals surface area contributed by atoms with E-state index in [1.165, 1.54) is 34.3 Å². The molecule has 2 aliphatic rings. The van der Waals surface area contributed by atoms with Crippen LogP contribution < -0.4 is 0 Å². The Morgan fingerprint density at radius 2 is 1.76 bits per heavy atom. The Balaban J connectivity index is 1.82. The topological polar surface area (TPSA) is 28.4 Å². The van der Waals surface area contributed by atoms with Gasteiger partial charge < -0.3 is 9.67 Å². The minimum atomic E-state index is 0.275. The molecule has 3 aromatic rings. The van der Waals surface area contributed by atoms with Gasteiger partial charge in [-0.2, -0.15) is 0 Å². The van der Waals surface area contributed by atoms with E-state index >= 15 is 0 Å². The fourth-order valence-corrected chi connectivity index (χ4v) is 5.00. The third-order valence-electron chi connectivity index (χ3n) is 6.06. The van der Waals surface area contributed by atoms with Gasteiger partial charge in [0.2, 0.25) is 0 Å². The molecule has 3 heteroatoms. The summed E-state index contributed by atoms with van der Waals surface area (Å²) in [5.41, 5.74) is 5.42. The van der Waals surface area contributed by atoms with Crippen LogP contribution in [0.3, 0.4) is 0 Å². The molecule has 0 aliphatic carbocycles. The maximum absolute atomic E-state index is 10.1. The first-order chi connectivity index (χ1) is 12.4. The van der Waals surface area contributed by atoms with Crippen molar-refractivity contribution in [3.63, 3.8) is 0 Å². The van der Waals surface area contributed by atoms with E-state index in [1.807, 2.05) is 0 Å². The number of hydrogen-bond acceptors (Lipinski definition) is 2. The molecule has 0 amide bonds. The summed E-state index contributed by atoms with van der Waals surface area (Å²) in [5.74, 6) is 0.333. The lowest BCUT2D eigenvalue weighted by Crippen LogP contribution is -2.45. The summed E-state index contributed by atoms with van der Waals surface area (Å²) in [6, 6.07) is 19.8. The number of nitrogens with zero attached hydrogens (tertiary/aromatic N) is 2. The number of benzene rings is 2. The van der Waals surface area contributed by atoms with Crippen LogP contribution in [0.15, 0.2) is 54.6 Å². The Labute approximate surface area is 148 Å². The van der Waals surface area contributed by atoms with Gasteiger partial charge in [-0.3, -0.25) is 4.90 Å². The maximum atomic E-state index is 10.1. The average Bonchev–Trinajstić information content (AvgIpc) is 3.02. The Hall–Kier alpha value is -2.10. The van der Waals surface area contributed by atoms with E-state index in [9.17, 15) is 5.11 Å². The van der Waals surface area contributed by atoms with Gasteiger partial charge in [0, 0.05) is 35.8 Å². The summed E-state index contributed by atoms with van der Waals surface area (Å²) in [6.45, 7) is 2.53. The molecule has 1 fully saturated rings. The standard InChI is InChI=1S/C22H24N2O/c25-15-16-7-6-13-23-14-12-19-18-10-4-5-11-20(18)24(22(19)21(16)23)17-8-2-1-3-9-17/h1-5,8-11,16,21,25H,6-7,12-15H2. The van der Waals surface area contributed by atoms with Gasteiger partial charge in [-0.15, -0.1) is 0 Å². The van der Waals surface area contributed by atoms with Crippen LogP contribution in [-0.4, -0.2) is 34.3 Å². The number of hydrogen-bond donors (Lipinski definition) is 1. The monoisotopic (exact) mass is 332 g/mol. The normalized spacial score (nSPS) is 23.4. The number of fused-ring (bicyclic) bond motifs is 5. The second kappa shape index (κ2) is 6.01. The van der Waals surface area contributed by atoms with Crippen molar-refractivity contribution in [2.24, 2.45) is 5.92 Å². The molecular formula is C22H24N2O. The van der Waals surface area contributed by atoms with Gasteiger partial charge in [-0.25, -0.2) is 0 Å². The van der Waals surface area contributed by atoms with Crippen LogP contribution in [0.1, 0.15) is 30.1 Å². The number of aliphatic hydroxyl groups is 1. The third kappa shape index (κ3) is 2.26. The molecule has 1 aromatic heterocycles. The molecule has 128 valence electrons. The Morgan fingerprint density at radius 1 is 0.960 bits per heavy atom. The first-order valence-electron chi connectivity index (χ1n) is 9.41. The number of para-hydroxylation sites is 2.